The molecule has 5 N–H and O–H groups in total. The van der Waals surface area contributed by atoms with Gasteiger partial charge in [0.25, 0.3) is 5.91 Å². The molecule has 0 spiro atoms. The van der Waals surface area contributed by atoms with E-state index in [1.165, 1.54) is 34.3 Å². The van der Waals surface area contributed by atoms with Gasteiger partial charge in [-0.25, -0.2) is 10.1 Å². The minimum Gasteiger partial charge on any atom is -0.507 e. The first-order chi connectivity index (χ1) is 15.0. The fourth-order valence-corrected chi connectivity index (χ4v) is 3.63. The van der Waals surface area contributed by atoms with E-state index >= 15 is 0 Å². The van der Waals surface area contributed by atoms with Crippen LogP contribution in [0.15, 0.2) is 27.9 Å². The highest BCUT2D eigenvalue weighted by atomic mass is 35.5. The number of nitrogens with two attached hydrogens (primary N) is 1. The second-order valence-corrected chi connectivity index (χ2v) is 7.60. The Kier molecular flexibility index (Phi) is 6.09. The number of anilines is 1. The van der Waals surface area contributed by atoms with Crippen LogP contribution in [-0.4, -0.2) is 55.6 Å². The number of nitrogens with zero attached hydrogens (tertiary/aromatic N) is 6. The van der Waals surface area contributed by atoms with Crippen LogP contribution in [0.1, 0.15) is 41.0 Å². The number of carbonyl (C=O) groups is 1. The number of nitrogen functional groups attached to an aromatic ring is 1. The van der Waals surface area contributed by atoms with E-state index < -0.39 is 5.91 Å². The third kappa shape index (κ3) is 4.64. The van der Waals surface area contributed by atoms with Crippen molar-refractivity contribution in [2.24, 2.45) is 5.10 Å². The number of benzene rings is 1. The van der Waals surface area contributed by atoms with Crippen LogP contribution in [0.5, 0.6) is 5.75 Å². The van der Waals surface area contributed by atoms with Gasteiger partial charge >= 0.3 is 0 Å². The zero-order valence-corrected chi connectivity index (χ0v) is 17.2. The van der Waals surface area contributed by atoms with Crippen molar-refractivity contribution in [2.75, 3.05) is 18.8 Å². The van der Waals surface area contributed by atoms with E-state index in [2.05, 4.69) is 35.8 Å². The molecule has 13 heteroatoms. The number of quaternary nitrogens is 1. The van der Waals surface area contributed by atoms with E-state index in [0.717, 1.165) is 25.9 Å². The molecule has 1 aliphatic heterocycles. The Balaban J connectivity index is 1.58. The molecule has 3 heterocycles. The number of nitrogens with one attached hydrogen (secondary N) is 2. The van der Waals surface area contributed by atoms with Crippen molar-refractivity contribution < 1.29 is 19.4 Å². The summed E-state index contributed by atoms with van der Waals surface area (Å²) < 4.78 is 6.04. The topological polar surface area (TPSA) is 162 Å². The number of aromatic hydroxyl groups is 1. The molecule has 0 saturated carbocycles. The third-order valence-corrected chi connectivity index (χ3v) is 5.25. The molecule has 12 nitrogen and oxygen atoms in total. The molecule has 0 bridgehead atoms. The predicted octanol–water partition coefficient (Wildman–Crippen LogP) is -0.0758. The number of carbonyl (C=O) groups excluding carboxylic acids is 1. The summed E-state index contributed by atoms with van der Waals surface area (Å²) in [5.41, 5.74) is 9.19. The predicted molar refractivity (Wildman–Crippen MR) is 110 cm³/mol. The summed E-state index contributed by atoms with van der Waals surface area (Å²) in [6, 6.07) is 4.51. The Morgan fingerprint density at radius 1 is 1.35 bits per heavy atom. The van der Waals surface area contributed by atoms with Crippen LogP contribution >= 0.6 is 11.6 Å². The summed E-state index contributed by atoms with van der Waals surface area (Å²) in [6.07, 6.45) is 4.71. The van der Waals surface area contributed by atoms with Gasteiger partial charge in [0, 0.05) is 10.6 Å². The molecule has 2 aromatic heterocycles. The lowest BCUT2D eigenvalue weighted by Crippen LogP contribution is -3.11. The molecule has 1 aliphatic rings. The maximum Gasteiger partial charge on any atom is 0.294 e. The van der Waals surface area contributed by atoms with E-state index in [9.17, 15) is 9.90 Å². The van der Waals surface area contributed by atoms with Crippen LogP contribution < -0.4 is 16.1 Å². The number of phenols is 1. The lowest BCUT2D eigenvalue weighted by Gasteiger charge is -2.23. The van der Waals surface area contributed by atoms with Crippen molar-refractivity contribution in [3.05, 3.63) is 40.2 Å². The Morgan fingerprint density at radius 3 is 2.90 bits per heavy atom. The fraction of sp³-hybridized carbons (Fsp3) is 0.333. The molecule has 31 heavy (non-hydrogen) atoms. The van der Waals surface area contributed by atoms with Crippen LogP contribution in [0.4, 0.5) is 5.82 Å². The van der Waals surface area contributed by atoms with Gasteiger partial charge in [-0.3, -0.25) is 4.79 Å². The summed E-state index contributed by atoms with van der Waals surface area (Å²) in [6.45, 7) is 2.46. The van der Waals surface area contributed by atoms with E-state index in [4.69, 9.17) is 17.3 Å². The zero-order chi connectivity index (χ0) is 21.8. The highest BCUT2D eigenvalue weighted by Gasteiger charge is 2.27. The Labute approximate surface area is 181 Å². The van der Waals surface area contributed by atoms with Gasteiger partial charge in [-0.2, -0.15) is 9.78 Å². The molecule has 0 aliphatic carbocycles. The van der Waals surface area contributed by atoms with E-state index in [1.807, 2.05) is 0 Å². The minimum absolute atomic E-state index is 0.0169. The van der Waals surface area contributed by atoms with Crippen LogP contribution in [0.2, 0.25) is 5.02 Å². The molecule has 3 aromatic rings. The fourth-order valence-electron chi connectivity index (χ4n) is 3.45. The average molecular weight is 447 g/mol. The van der Waals surface area contributed by atoms with Gasteiger partial charge in [0.15, 0.2) is 5.69 Å². The first-order valence-corrected chi connectivity index (χ1v) is 10.1. The van der Waals surface area contributed by atoms with Crippen molar-refractivity contribution in [3.63, 3.8) is 0 Å². The smallest absolute Gasteiger partial charge is 0.294 e. The molecule has 4 rings (SSSR count). The van der Waals surface area contributed by atoms with Crippen molar-refractivity contribution >= 4 is 29.5 Å². The highest BCUT2D eigenvalue weighted by Crippen LogP contribution is 2.19. The van der Waals surface area contributed by atoms with Gasteiger partial charge in [-0.05, 0) is 47.8 Å². The van der Waals surface area contributed by atoms with Crippen LogP contribution in [-0.2, 0) is 6.54 Å². The third-order valence-electron chi connectivity index (χ3n) is 5.01. The molecule has 0 atom stereocenters. The maximum atomic E-state index is 12.8. The molecule has 1 aromatic carbocycles. The molecule has 1 amide bonds. The summed E-state index contributed by atoms with van der Waals surface area (Å²) >= 11 is 5.92. The maximum absolute atomic E-state index is 12.8. The number of hydrogen-bond donors (Lipinski definition) is 4. The van der Waals surface area contributed by atoms with Gasteiger partial charge in [-0.15, -0.1) is 5.10 Å². The summed E-state index contributed by atoms with van der Waals surface area (Å²) in [5, 5.41) is 29.6. The Hall–Kier alpha value is -3.51. The number of aromatic nitrogens is 5. The second kappa shape index (κ2) is 9.10. The quantitative estimate of drug-likeness (QED) is 0.302. The molecular formula is C18H21ClN9O3+. The normalized spacial score (nSPS) is 14.9. The van der Waals surface area contributed by atoms with Gasteiger partial charge in [0.2, 0.25) is 11.6 Å². The van der Waals surface area contributed by atoms with Crippen molar-refractivity contribution in [2.45, 2.75) is 25.8 Å². The zero-order valence-electron chi connectivity index (χ0n) is 16.5. The van der Waals surface area contributed by atoms with Crippen LogP contribution in [0, 0.1) is 0 Å². The van der Waals surface area contributed by atoms with E-state index in [1.54, 1.807) is 6.07 Å². The monoisotopic (exact) mass is 446 g/mol. The average Bonchev–Trinajstić information content (AvgIpc) is 3.37. The van der Waals surface area contributed by atoms with E-state index in [-0.39, 0.29) is 23.1 Å². The molecule has 0 radical (unpaired) electrons. The number of piperidine rings is 1. The Morgan fingerprint density at radius 2 is 2.16 bits per heavy atom. The van der Waals surface area contributed by atoms with Gasteiger partial charge in [0.1, 0.15) is 18.0 Å². The lowest BCUT2D eigenvalue weighted by molar-refractivity contribution is -0.918. The molecule has 1 fully saturated rings. The van der Waals surface area contributed by atoms with Crippen molar-refractivity contribution in [1.29, 1.82) is 0 Å². The molecule has 0 unspecified atom stereocenters. The van der Waals surface area contributed by atoms with Crippen LogP contribution in [0.3, 0.4) is 0 Å². The highest BCUT2D eigenvalue weighted by molar-refractivity contribution is 6.30. The number of phenolic OH excluding ortho intramolecular Hbond substituents is 1. The van der Waals surface area contributed by atoms with Crippen molar-refractivity contribution in [3.8, 4) is 11.6 Å². The number of halogens is 1. The minimum atomic E-state index is -0.564. The summed E-state index contributed by atoms with van der Waals surface area (Å²) in [4.78, 5) is 14.1. The summed E-state index contributed by atoms with van der Waals surface area (Å²) in [7, 11) is 0. The number of likely N-dealkylation sites (tertiary alicyclic amines) is 1. The lowest BCUT2D eigenvalue weighted by atomic mass is 10.1. The number of rotatable bonds is 6. The number of amides is 1. The van der Waals surface area contributed by atoms with Gasteiger partial charge in [0.05, 0.1) is 19.3 Å². The Bertz CT molecular complexity index is 1100. The number of hydrogen-bond acceptors (Lipinski definition) is 9. The van der Waals surface area contributed by atoms with Crippen molar-refractivity contribution in [1.82, 2.24) is 30.7 Å². The molecule has 1 saturated heterocycles. The first-order valence-electron chi connectivity index (χ1n) is 9.71. The number of hydrazone groups is 1. The second-order valence-electron chi connectivity index (χ2n) is 7.16. The SMILES string of the molecule is Nc1nonc1-n1nnc(C(=O)N/N=C/c2cc(Cl)ccc2O)c1C[NH+]1CCCCC1. The first kappa shape index (κ1) is 20.8. The van der Waals surface area contributed by atoms with Crippen LogP contribution in [0.25, 0.3) is 5.82 Å². The largest absolute Gasteiger partial charge is 0.507 e. The van der Waals surface area contributed by atoms with E-state index in [0.29, 0.717) is 22.8 Å². The molecular weight excluding hydrogens is 426 g/mol. The van der Waals surface area contributed by atoms with Gasteiger partial charge in [-0.1, -0.05) is 16.8 Å². The van der Waals surface area contributed by atoms with Gasteiger partial charge < -0.3 is 15.7 Å². The standard InChI is InChI=1S/C18H20ClN9O3/c19-12-4-5-14(29)11(8-12)9-21-23-18(30)15-13(10-27-6-2-1-3-7-27)28(26-22-15)17-16(20)24-31-25-17/h4-5,8-9,29H,1-3,6-7,10H2,(H2,20,24)(H,23,30)/p+1/b21-9+. The summed E-state index contributed by atoms with van der Waals surface area (Å²) in [5.74, 6) is -0.367. The molecule has 162 valence electrons.